The third kappa shape index (κ3) is 5.63. The summed E-state index contributed by atoms with van der Waals surface area (Å²) >= 11 is 5.80. The van der Waals surface area contributed by atoms with Gasteiger partial charge in [0.1, 0.15) is 0 Å². The molecular formula is C16H23Cl2N3O3. The summed E-state index contributed by atoms with van der Waals surface area (Å²) in [5.41, 5.74) is 0.0858. The van der Waals surface area contributed by atoms with Gasteiger partial charge in [-0.2, -0.15) is 0 Å². The topological polar surface area (TPSA) is 79.5 Å². The van der Waals surface area contributed by atoms with E-state index in [1.165, 1.54) is 0 Å². The minimum atomic E-state index is -0.555. The molecule has 0 spiro atoms. The van der Waals surface area contributed by atoms with Gasteiger partial charge in [0.05, 0.1) is 18.6 Å². The molecule has 0 saturated carbocycles. The largest absolute Gasteiger partial charge is 0.384 e. The first-order chi connectivity index (χ1) is 11.1. The second-order valence-electron chi connectivity index (χ2n) is 5.70. The van der Waals surface area contributed by atoms with Crippen LogP contribution >= 0.6 is 24.0 Å². The number of rotatable bonds is 6. The first-order valence-electron chi connectivity index (χ1n) is 7.59. The van der Waals surface area contributed by atoms with Crippen LogP contribution in [0.2, 0.25) is 5.02 Å². The minimum Gasteiger partial charge on any atom is -0.384 e. The number of methoxy groups -OCH3 is 1. The van der Waals surface area contributed by atoms with Crippen molar-refractivity contribution in [2.75, 3.05) is 38.7 Å². The normalized spacial score (nSPS) is 15.9. The van der Waals surface area contributed by atoms with Gasteiger partial charge in [-0.15, -0.1) is 12.4 Å². The first kappa shape index (κ1) is 20.7. The van der Waals surface area contributed by atoms with Gasteiger partial charge in [-0.1, -0.05) is 11.6 Å². The molecule has 2 rings (SSSR count). The van der Waals surface area contributed by atoms with Crippen molar-refractivity contribution in [3.05, 3.63) is 29.3 Å². The molecule has 1 aliphatic rings. The summed E-state index contributed by atoms with van der Waals surface area (Å²) in [5.74, 6) is -0.408. The van der Waals surface area contributed by atoms with Crippen LogP contribution in [0.5, 0.6) is 0 Å². The smallest absolute Gasteiger partial charge is 0.243 e. The van der Waals surface area contributed by atoms with E-state index >= 15 is 0 Å². The number of anilines is 1. The monoisotopic (exact) mass is 375 g/mol. The van der Waals surface area contributed by atoms with Crippen molar-refractivity contribution >= 4 is 41.5 Å². The van der Waals surface area contributed by atoms with Crippen LogP contribution in [0.3, 0.4) is 0 Å². The van der Waals surface area contributed by atoms with Gasteiger partial charge in [0.25, 0.3) is 0 Å². The molecule has 3 N–H and O–H groups in total. The summed E-state index contributed by atoms with van der Waals surface area (Å²) in [6.45, 7) is 1.83. The van der Waals surface area contributed by atoms with E-state index in [9.17, 15) is 9.59 Å². The highest BCUT2D eigenvalue weighted by molar-refractivity contribution is 6.30. The van der Waals surface area contributed by atoms with Crippen LogP contribution in [0, 0.1) is 5.41 Å². The van der Waals surface area contributed by atoms with Crippen LogP contribution in [-0.4, -0.2) is 45.2 Å². The zero-order valence-corrected chi connectivity index (χ0v) is 15.1. The Balaban J connectivity index is 0.00000288. The SMILES string of the molecule is COCC1(C(=O)NCC(=O)Nc2ccc(Cl)cc2)CCNCC1.Cl. The number of carbonyl (C=O) groups is 2. The van der Waals surface area contributed by atoms with E-state index in [4.69, 9.17) is 16.3 Å². The molecule has 1 fully saturated rings. The highest BCUT2D eigenvalue weighted by atomic mass is 35.5. The predicted octanol–water partition coefficient (Wildman–Crippen LogP) is 1.83. The average molecular weight is 376 g/mol. The van der Waals surface area contributed by atoms with E-state index in [1.807, 2.05) is 0 Å². The summed E-state index contributed by atoms with van der Waals surface area (Å²) < 4.78 is 5.22. The summed E-state index contributed by atoms with van der Waals surface area (Å²) in [6.07, 6.45) is 1.40. The second kappa shape index (κ2) is 9.84. The van der Waals surface area contributed by atoms with Crippen molar-refractivity contribution in [3.63, 3.8) is 0 Å². The number of halogens is 2. The highest BCUT2D eigenvalue weighted by Gasteiger charge is 2.39. The number of hydrogen-bond acceptors (Lipinski definition) is 4. The molecule has 0 aliphatic carbocycles. The molecule has 2 amide bonds. The number of benzene rings is 1. The fourth-order valence-electron chi connectivity index (χ4n) is 2.71. The Morgan fingerprint density at radius 1 is 1.25 bits per heavy atom. The first-order valence-corrected chi connectivity index (χ1v) is 7.97. The van der Waals surface area contributed by atoms with Gasteiger partial charge in [0.15, 0.2) is 0 Å². The van der Waals surface area contributed by atoms with Gasteiger partial charge in [0, 0.05) is 17.8 Å². The van der Waals surface area contributed by atoms with Crippen molar-refractivity contribution in [2.45, 2.75) is 12.8 Å². The third-order valence-electron chi connectivity index (χ3n) is 4.00. The molecule has 134 valence electrons. The number of amides is 2. The van der Waals surface area contributed by atoms with Crippen LogP contribution in [0.15, 0.2) is 24.3 Å². The minimum absolute atomic E-state index is 0. The molecule has 0 aromatic heterocycles. The summed E-state index contributed by atoms with van der Waals surface area (Å²) in [7, 11) is 1.59. The van der Waals surface area contributed by atoms with Crippen LogP contribution in [0.4, 0.5) is 5.69 Å². The fourth-order valence-corrected chi connectivity index (χ4v) is 2.83. The Morgan fingerprint density at radius 3 is 2.46 bits per heavy atom. The Bertz CT molecular complexity index is 540. The molecule has 0 unspecified atom stereocenters. The number of ether oxygens (including phenoxy) is 1. The molecule has 1 saturated heterocycles. The van der Waals surface area contributed by atoms with Crippen molar-refractivity contribution in [2.24, 2.45) is 5.41 Å². The molecule has 0 bridgehead atoms. The lowest BCUT2D eigenvalue weighted by molar-refractivity contribution is -0.137. The van der Waals surface area contributed by atoms with E-state index < -0.39 is 5.41 Å². The van der Waals surface area contributed by atoms with Crippen molar-refractivity contribution in [1.29, 1.82) is 0 Å². The number of piperidine rings is 1. The molecule has 8 heteroatoms. The molecule has 6 nitrogen and oxygen atoms in total. The molecule has 0 atom stereocenters. The summed E-state index contributed by atoms with van der Waals surface area (Å²) in [5, 5.41) is 9.27. The molecule has 1 heterocycles. The van der Waals surface area contributed by atoms with Gasteiger partial charge < -0.3 is 20.7 Å². The Kier molecular flexibility index (Phi) is 8.48. The predicted molar refractivity (Wildman–Crippen MR) is 96.8 cm³/mol. The highest BCUT2D eigenvalue weighted by Crippen LogP contribution is 2.29. The average Bonchev–Trinajstić information content (AvgIpc) is 2.56. The maximum Gasteiger partial charge on any atom is 0.243 e. The Morgan fingerprint density at radius 2 is 1.88 bits per heavy atom. The Hall–Kier alpha value is -1.34. The van der Waals surface area contributed by atoms with E-state index in [0.29, 0.717) is 30.2 Å². The second-order valence-corrected chi connectivity index (χ2v) is 6.14. The maximum atomic E-state index is 12.5. The van der Waals surface area contributed by atoms with Gasteiger partial charge >= 0.3 is 0 Å². The number of nitrogens with one attached hydrogen (secondary N) is 3. The Labute approximate surface area is 153 Å². The number of hydrogen-bond donors (Lipinski definition) is 3. The van der Waals surface area contributed by atoms with Crippen LogP contribution in [0.1, 0.15) is 12.8 Å². The molecule has 24 heavy (non-hydrogen) atoms. The summed E-state index contributed by atoms with van der Waals surface area (Å²) in [4.78, 5) is 24.4. The lowest BCUT2D eigenvalue weighted by Gasteiger charge is -2.35. The fraction of sp³-hybridized carbons (Fsp3) is 0.500. The molecule has 1 aliphatic heterocycles. The van der Waals surface area contributed by atoms with Gasteiger partial charge in [-0.05, 0) is 50.2 Å². The summed E-state index contributed by atoms with van der Waals surface area (Å²) in [6, 6.07) is 6.80. The molecule has 1 aromatic carbocycles. The van der Waals surface area contributed by atoms with E-state index in [1.54, 1.807) is 31.4 Å². The van der Waals surface area contributed by atoms with Crippen LogP contribution in [0.25, 0.3) is 0 Å². The standard InChI is InChI=1S/C16H22ClN3O3.ClH/c1-23-11-16(6-8-18-9-7-16)15(22)19-10-14(21)20-13-4-2-12(17)3-5-13;/h2-5,18H,6-11H2,1H3,(H,19,22)(H,20,21);1H. The molecular weight excluding hydrogens is 353 g/mol. The lowest BCUT2D eigenvalue weighted by atomic mass is 9.78. The zero-order valence-electron chi connectivity index (χ0n) is 13.6. The van der Waals surface area contributed by atoms with Gasteiger partial charge in [-0.25, -0.2) is 0 Å². The van der Waals surface area contributed by atoms with Crippen molar-refractivity contribution < 1.29 is 14.3 Å². The van der Waals surface area contributed by atoms with Gasteiger partial charge in [-0.3, -0.25) is 9.59 Å². The van der Waals surface area contributed by atoms with Crippen molar-refractivity contribution in [3.8, 4) is 0 Å². The van der Waals surface area contributed by atoms with E-state index in [2.05, 4.69) is 16.0 Å². The molecule has 0 radical (unpaired) electrons. The number of carbonyl (C=O) groups excluding carboxylic acids is 2. The quantitative estimate of drug-likeness (QED) is 0.708. The van der Waals surface area contributed by atoms with E-state index in [-0.39, 0.29) is 30.8 Å². The van der Waals surface area contributed by atoms with Crippen LogP contribution < -0.4 is 16.0 Å². The zero-order chi connectivity index (χ0) is 16.7. The molecule has 1 aromatic rings. The van der Waals surface area contributed by atoms with Gasteiger partial charge in [0.2, 0.25) is 11.8 Å². The third-order valence-corrected chi connectivity index (χ3v) is 4.25. The van der Waals surface area contributed by atoms with Crippen LogP contribution in [-0.2, 0) is 14.3 Å². The van der Waals surface area contributed by atoms with E-state index in [0.717, 1.165) is 13.1 Å². The maximum absolute atomic E-state index is 12.5. The lowest BCUT2D eigenvalue weighted by Crippen LogP contribution is -2.51. The van der Waals surface area contributed by atoms with Crippen molar-refractivity contribution in [1.82, 2.24) is 10.6 Å².